The first-order chi connectivity index (χ1) is 8.76. The average molecular weight is 239 g/mol. The molecule has 2 aromatic rings. The monoisotopic (exact) mass is 239 g/mol. The van der Waals surface area contributed by atoms with Crippen LogP contribution < -0.4 is 4.74 Å². The molecular formula is C14H13N3O. The van der Waals surface area contributed by atoms with Gasteiger partial charge in [0.25, 0.3) is 0 Å². The maximum atomic E-state index is 9.38. The van der Waals surface area contributed by atoms with Gasteiger partial charge in [-0.1, -0.05) is 17.7 Å². The van der Waals surface area contributed by atoms with Crippen molar-refractivity contribution in [1.82, 2.24) is 9.97 Å². The van der Waals surface area contributed by atoms with E-state index in [1.807, 2.05) is 25.1 Å². The molecule has 0 saturated heterocycles. The predicted molar refractivity (Wildman–Crippen MR) is 67.2 cm³/mol. The molecule has 0 amide bonds. The van der Waals surface area contributed by atoms with Crippen molar-refractivity contribution in [1.29, 1.82) is 5.26 Å². The van der Waals surface area contributed by atoms with Crippen LogP contribution in [0.3, 0.4) is 0 Å². The second kappa shape index (κ2) is 5.28. The number of benzene rings is 1. The Kier molecular flexibility index (Phi) is 3.54. The van der Waals surface area contributed by atoms with Crippen molar-refractivity contribution < 1.29 is 4.74 Å². The molecule has 0 aliphatic heterocycles. The van der Waals surface area contributed by atoms with Crippen molar-refractivity contribution in [3.05, 3.63) is 53.6 Å². The summed E-state index contributed by atoms with van der Waals surface area (Å²) >= 11 is 0. The highest BCUT2D eigenvalue weighted by Crippen LogP contribution is 2.31. The number of nitriles is 1. The molecule has 0 aliphatic carbocycles. The summed E-state index contributed by atoms with van der Waals surface area (Å²) < 4.78 is 5.31. The van der Waals surface area contributed by atoms with Crippen LogP contribution in [-0.2, 0) is 0 Å². The molecule has 2 rings (SSSR count). The summed E-state index contributed by atoms with van der Waals surface area (Å²) in [6.07, 6.45) is 3.08. The Bertz CT molecular complexity index is 575. The lowest BCUT2D eigenvalue weighted by molar-refractivity contribution is 0.409. The van der Waals surface area contributed by atoms with Crippen LogP contribution in [0, 0.1) is 18.3 Å². The Hall–Kier alpha value is -2.41. The van der Waals surface area contributed by atoms with Crippen LogP contribution in [0.15, 0.2) is 36.8 Å². The highest BCUT2D eigenvalue weighted by atomic mass is 16.5. The third-order valence-corrected chi connectivity index (χ3v) is 2.73. The average Bonchev–Trinajstić information content (AvgIpc) is 2.41. The van der Waals surface area contributed by atoms with E-state index >= 15 is 0 Å². The molecule has 1 aromatic heterocycles. The van der Waals surface area contributed by atoms with Crippen molar-refractivity contribution in [3.8, 4) is 11.8 Å². The fourth-order valence-electron chi connectivity index (χ4n) is 1.85. The van der Waals surface area contributed by atoms with Crippen molar-refractivity contribution in [2.24, 2.45) is 0 Å². The molecule has 1 unspecified atom stereocenters. The maximum absolute atomic E-state index is 9.38. The molecular weight excluding hydrogens is 226 g/mol. The Morgan fingerprint density at radius 3 is 2.78 bits per heavy atom. The smallest absolute Gasteiger partial charge is 0.123 e. The first-order valence-electron chi connectivity index (χ1n) is 5.56. The van der Waals surface area contributed by atoms with Gasteiger partial charge in [-0.3, -0.25) is 0 Å². The van der Waals surface area contributed by atoms with Crippen LogP contribution in [0.1, 0.15) is 22.7 Å². The Balaban J connectivity index is 2.52. The van der Waals surface area contributed by atoms with E-state index in [0.29, 0.717) is 11.4 Å². The van der Waals surface area contributed by atoms with Gasteiger partial charge < -0.3 is 4.74 Å². The summed E-state index contributed by atoms with van der Waals surface area (Å²) in [5.74, 6) is 0.258. The zero-order valence-electron chi connectivity index (χ0n) is 10.3. The van der Waals surface area contributed by atoms with E-state index in [-0.39, 0.29) is 0 Å². The fourth-order valence-corrected chi connectivity index (χ4v) is 1.85. The van der Waals surface area contributed by atoms with Gasteiger partial charge in [0.15, 0.2) is 0 Å². The van der Waals surface area contributed by atoms with Crippen LogP contribution in [0.25, 0.3) is 0 Å². The Labute approximate surface area is 106 Å². The number of nitrogens with zero attached hydrogens (tertiary/aromatic N) is 3. The molecule has 1 atom stereocenters. The minimum absolute atomic E-state index is 0.442. The number of rotatable bonds is 3. The summed E-state index contributed by atoms with van der Waals surface area (Å²) in [7, 11) is 1.60. The quantitative estimate of drug-likeness (QED) is 0.825. The molecule has 0 N–H and O–H groups in total. The summed E-state index contributed by atoms with van der Waals surface area (Å²) in [6, 6.07) is 9.79. The lowest BCUT2D eigenvalue weighted by Crippen LogP contribution is -2.04. The van der Waals surface area contributed by atoms with Crippen LogP contribution in [0.5, 0.6) is 5.75 Å². The SMILES string of the molecule is COc1ccc(C)cc1C(C#N)c1ccncn1. The molecule has 4 nitrogen and oxygen atoms in total. The molecule has 0 radical (unpaired) electrons. The molecule has 0 spiro atoms. The maximum Gasteiger partial charge on any atom is 0.123 e. The van der Waals surface area contributed by atoms with Gasteiger partial charge in [0.2, 0.25) is 0 Å². The topological polar surface area (TPSA) is 58.8 Å². The first kappa shape index (κ1) is 12.1. The van der Waals surface area contributed by atoms with E-state index in [2.05, 4.69) is 16.0 Å². The molecule has 0 bridgehead atoms. The summed E-state index contributed by atoms with van der Waals surface area (Å²) in [4.78, 5) is 8.01. The molecule has 0 saturated carbocycles. The summed E-state index contributed by atoms with van der Waals surface area (Å²) in [5.41, 5.74) is 2.59. The molecule has 4 heteroatoms. The molecule has 1 aromatic carbocycles. The normalized spacial score (nSPS) is 11.6. The fraction of sp³-hybridized carbons (Fsp3) is 0.214. The van der Waals surface area contributed by atoms with Gasteiger partial charge in [-0.2, -0.15) is 5.26 Å². The molecule has 0 fully saturated rings. The third kappa shape index (κ3) is 2.30. The first-order valence-corrected chi connectivity index (χ1v) is 5.56. The van der Waals surface area contributed by atoms with E-state index in [1.165, 1.54) is 6.33 Å². The van der Waals surface area contributed by atoms with Crippen molar-refractivity contribution in [2.75, 3.05) is 7.11 Å². The molecule has 18 heavy (non-hydrogen) atoms. The second-order valence-corrected chi connectivity index (χ2v) is 3.94. The van der Waals surface area contributed by atoms with Gasteiger partial charge in [-0.15, -0.1) is 0 Å². The van der Waals surface area contributed by atoms with E-state index < -0.39 is 5.92 Å². The summed E-state index contributed by atoms with van der Waals surface area (Å²) in [6.45, 7) is 1.98. The Morgan fingerprint density at radius 1 is 1.33 bits per heavy atom. The lowest BCUT2D eigenvalue weighted by atomic mass is 9.94. The van der Waals surface area contributed by atoms with Crippen LogP contribution in [-0.4, -0.2) is 17.1 Å². The highest BCUT2D eigenvalue weighted by molar-refractivity contribution is 5.45. The van der Waals surface area contributed by atoms with Crippen molar-refractivity contribution in [2.45, 2.75) is 12.8 Å². The minimum Gasteiger partial charge on any atom is -0.496 e. The van der Waals surface area contributed by atoms with Gasteiger partial charge in [-0.05, 0) is 19.1 Å². The van der Waals surface area contributed by atoms with Gasteiger partial charge in [-0.25, -0.2) is 9.97 Å². The molecule has 0 aliphatic rings. The van der Waals surface area contributed by atoms with Crippen molar-refractivity contribution >= 4 is 0 Å². The standard InChI is InChI=1S/C14H13N3O/c1-10-3-4-14(18-2)11(7-10)12(8-15)13-5-6-16-9-17-13/h3-7,9,12H,1-2H3. The van der Waals surface area contributed by atoms with Crippen LogP contribution >= 0.6 is 0 Å². The summed E-state index contributed by atoms with van der Waals surface area (Å²) in [5, 5.41) is 9.38. The van der Waals surface area contributed by atoms with E-state index in [9.17, 15) is 5.26 Å². The number of hydrogen-bond donors (Lipinski definition) is 0. The van der Waals surface area contributed by atoms with E-state index in [0.717, 1.165) is 11.1 Å². The minimum atomic E-state index is -0.442. The van der Waals surface area contributed by atoms with Crippen molar-refractivity contribution in [3.63, 3.8) is 0 Å². The number of hydrogen-bond acceptors (Lipinski definition) is 4. The van der Waals surface area contributed by atoms with E-state index in [1.54, 1.807) is 19.4 Å². The number of aryl methyl sites for hydroxylation is 1. The van der Waals surface area contributed by atoms with Gasteiger partial charge in [0.1, 0.15) is 18.0 Å². The van der Waals surface area contributed by atoms with Gasteiger partial charge in [0.05, 0.1) is 18.9 Å². The third-order valence-electron chi connectivity index (χ3n) is 2.73. The van der Waals surface area contributed by atoms with E-state index in [4.69, 9.17) is 4.74 Å². The number of ether oxygens (including phenoxy) is 1. The largest absolute Gasteiger partial charge is 0.496 e. The zero-order chi connectivity index (χ0) is 13.0. The van der Waals surface area contributed by atoms with Crippen LogP contribution in [0.4, 0.5) is 0 Å². The zero-order valence-corrected chi connectivity index (χ0v) is 10.3. The second-order valence-electron chi connectivity index (χ2n) is 3.94. The van der Waals surface area contributed by atoms with Gasteiger partial charge >= 0.3 is 0 Å². The lowest BCUT2D eigenvalue weighted by Gasteiger charge is -2.13. The highest BCUT2D eigenvalue weighted by Gasteiger charge is 2.19. The molecule has 90 valence electrons. The number of methoxy groups -OCH3 is 1. The predicted octanol–water partition coefficient (Wildman–Crippen LogP) is 2.45. The molecule has 1 heterocycles. The Morgan fingerprint density at radius 2 is 2.17 bits per heavy atom. The number of aromatic nitrogens is 2. The van der Waals surface area contributed by atoms with Crippen LogP contribution in [0.2, 0.25) is 0 Å². The van der Waals surface area contributed by atoms with Gasteiger partial charge in [0, 0.05) is 11.8 Å².